The van der Waals surface area contributed by atoms with Gasteiger partial charge >= 0.3 is 6.09 Å². The quantitative estimate of drug-likeness (QED) is 0.0516. The van der Waals surface area contributed by atoms with E-state index in [4.69, 9.17) is 4.74 Å². The molecule has 4 aliphatic rings. The number of hydrogen-bond acceptors (Lipinski definition) is 2. The van der Waals surface area contributed by atoms with Crippen molar-refractivity contribution in [3.63, 3.8) is 0 Å². The molecule has 0 aromatic carbocycles. The molecule has 0 spiro atoms. The summed E-state index contributed by atoms with van der Waals surface area (Å²) in [4.78, 5) is 12.5. The van der Waals surface area contributed by atoms with E-state index in [0.717, 1.165) is 67.2 Å². The van der Waals surface area contributed by atoms with Gasteiger partial charge in [-0.05, 0) is 110 Å². The van der Waals surface area contributed by atoms with Gasteiger partial charge in [-0.3, -0.25) is 0 Å². The van der Waals surface area contributed by atoms with Crippen LogP contribution in [0.4, 0.5) is 4.79 Å². The van der Waals surface area contributed by atoms with Crippen molar-refractivity contribution >= 4 is 6.09 Å². The van der Waals surface area contributed by atoms with Crippen LogP contribution in [-0.4, -0.2) is 18.7 Å². The molecule has 4 aliphatic carbocycles. The SMILES string of the molecule is CC.CC(C)CCCCCCNC(=O)OC1CCC2(C)C(=CCC3C2CCC2(C)C(CCCCC(C)C)CCC32)C1.CCCCCCCCCCCCCCCCCCCCCCC(C)C. The van der Waals surface area contributed by atoms with E-state index in [1.54, 1.807) is 5.57 Å². The van der Waals surface area contributed by atoms with Gasteiger partial charge in [-0.15, -0.1) is 0 Å². The number of carbonyl (C=O) groups is 1. The molecule has 3 nitrogen and oxygen atoms in total. The van der Waals surface area contributed by atoms with Crippen LogP contribution < -0.4 is 5.32 Å². The van der Waals surface area contributed by atoms with Gasteiger partial charge in [0.05, 0.1) is 0 Å². The van der Waals surface area contributed by atoms with Crippen LogP contribution in [0.5, 0.6) is 0 Å². The molecule has 0 aromatic rings. The van der Waals surface area contributed by atoms with Crippen LogP contribution in [0, 0.1) is 52.3 Å². The maximum absolute atomic E-state index is 12.5. The number of allylic oxidation sites excluding steroid dienone is 1. The van der Waals surface area contributed by atoms with E-state index in [-0.39, 0.29) is 12.2 Å². The summed E-state index contributed by atoms with van der Waals surface area (Å²) in [6.45, 7) is 26.3. The van der Waals surface area contributed by atoms with Crippen molar-refractivity contribution in [3.05, 3.63) is 11.6 Å². The van der Waals surface area contributed by atoms with Crippen LogP contribution in [-0.2, 0) is 4.74 Å². The van der Waals surface area contributed by atoms with Crippen LogP contribution in [0.2, 0.25) is 0 Å². The molecule has 0 saturated heterocycles. The summed E-state index contributed by atoms with van der Waals surface area (Å²) in [5.41, 5.74) is 2.52. The number of unbranched alkanes of at least 4 members (excludes halogenated alkanes) is 23. The first kappa shape index (κ1) is 61.1. The molecule has 7 atom stereocenters. The summed E-state index contributed by atoms with van der Waals surface area (Å²) in [6.07, 6.45) is 55.5. The van der Waals surface area contributed by atoms with Crippen LogP contribution in [0.1, 0.15) is 320 Å². The number of ether oxygens (including phenoxy) is 1. The molecule has 66 heavy (non-hydrogen) atoms. The Morgan fingerprint density at radius 2 is 1.03 bits per heavy atom. The summed E-state index contributed by atoms with van der Waals surface area (Å²) in [5.74, 6) is 6.13. The van der Waals surface area contributed by atoms with Gasteiger partial charge in [-0.25, -0.2) is 4.79 Å². The normalized spacial score (nSPS) is 25.6. The van der Waals surface area contributed by atoms with Crippen molar-refractivity contribution in [2.24, 2.45) is 52.3 Å². The van der Waals surface area contributed by atoms with Crippen molar-refractivity contribution in [1.29, 1.82) is 0 Å². The van der Waals surface area contributed by atoms with E-state index < -0.39 is 0 Å². The number of rotatable bonds is 34. The lowest BCUT2D eigenvalue weighted by Crippen LogP contribution is -2.50. The molecule has 3 fully saturated rings. The van der Waals surface area contributed by atoms with Gasteiger partial charge < -0.3 is 10.1 Å². The standard InChI is InChI=1S/C36H63NO2.C25H52.C2H6/c1-26(2)13-9-7-8-12-24-37-34(38)39-30-20-22-36(6)29(25-30)16-18-31-32-19-17-28(15-11-10-14-27(3)4)35(32,5)23-21-33(31)36;1-4-5-6-7-8-9-10-11-12-13-14-15-16-17-18-19-20-21-22-23-24-25(2)3;1-2/h16,26-28,30-33H,7-15,17-25H2,1-6H3,(H,37,38);25H,4-24H2,1-3H3;1-2H3. The second kappa shape index (κ2) is 36.9. The lowest BCUT2D eigenvalue weighted by Gasteiger charge is -2.58. The van der Waals surface area contributed by atoms with Gasteiger partial charge in [0.25, 0.3) is 0 Å². The Hall–Kier alpha value is -0.990. The third-order valence-corrected chi connectivity index (χ3v) is 17.7. The highest BCUT2D eigenvalue weighted by atomic mass is 16.6. The zero-order valence-electron chi connectivity index (χ0n) is 47.1. The molecule has 0 radical (unpaired) electrons. The number of nitrogens with one attached hydrogen (secondary N) is 1. The molecular formula is C63H121NO2. The van der Waals surface area contributed by atoms with E-state index >= 15 is 0 Å². The minimum Gasteiger partial charge on any atom is -0.446 e. The Kier molecular flexibility index (Phi) is 34.2. The molecule has 7 unspecified atom stereocenters. The molecule has 3 heteroatoms. The van der Waals surface area contributed by atoms with Crippen LogP contribution in [0.25, 0.3) is 0 Å². The molecule has 390 valence electrons. The predicted octanol–water partition coefficient (Wildman–Crippen LogP) is 21.4. The summed E-state index contributed by atoms with van der Waals surface area (Å²) in [7, 11) is 0. The minimum absolute atomic E-state index is 0.0578. The highest BCUT2D eigenvalue weighted by Gasteiger charge is 2.58. The smallest absolute Gasteiger partial charge is 0.407 e. The lowest BCUT2D eigenvalue weighted by molar-refractivity contribution is -0.0519. The fourth-order valence-electron chi connectivity index (χ4n) is 13.5. The van der Waals surface area contributed by atoms with E-state index in [9.17, 15) is 4.79 Å². The molecule has 1 amide bonds. The van der Waals surface area contributed by atoms with E-state index in [0.29, 0.717) is 10.8 Å². The Bertz CT molecular complexity index is 1190. The zero-order chi connectivity index (χ0) is 48.5. The number of alkyl carbamates (subject to hydrolysis) is 1. The first-order chi connectivity index (χ1) is 31.9. The minimum atomic E-state index is -0.195. The predicted molar refractivity (Wildman–Crippen MR) is 294 cm³/mol. The number of fused-ring (bicyclic) bond motifs is 5. The van der Waals surface area contributed by atoms with Gasteiger partial charge in [0, 0.05) is 13.0 Å². The second-order valence-electron chi connectivity index (χ2n) is 24.5. The Labute approximate surface area is 415 Å². The van der Waals surface area contributed by atoms with Gasteiger partial charge in [0.15, 0.2) is 0 Å². The fraction of sp³-hybridized carbons (Fsp3) is 0.952. The van der Waals surface area contributed by atoms with E-state index in [1.165, 1.54) is 225 Å². The molecule has 3 saturated carbocycles. The third-order valence-electron chi connectivity index (χ3n) is 17.7. The van der Waals surface area contributed by atoms with Crippen LogP contribution in [0.3, 0.4) is 0 Å². The fourth-order valence-corrected chi connectivity index (χ4v) is 13.5. The maximum Gasteiger partial charge on any atom is 0.407 e. The van der Waals surface area contributed by atoms with Crippen LogP contribution in [0.15, 0.2) is 11.6 Å². The monoisotopic (exact) mass is 924 g/mol. The maximum atomic E-state index is 12.5. The zero-order valence-corrected chi connectivity index (χ0v) is 47.1. The number of carbonyl (C=O) groups excluding carboxylic acids is 1. The highest BCUT2D eigenvalue weighted by Crippen LogP contribution is 2.67. The Morgan fingerprint density at radius 3 is 1.52 bits per heavy atom. The lowest BCUT2D eigenvalue weighted by atomic mass is 9.47. The van der Waals surface area contributed by atoms with E-state index in [2.05, 4.69) is 73.7 Å². The number of hydrogen-bond donors (Lipinski definition) is 1. The van der Waals surface area contributed by atoms with Crippen molar-refractivity contribution in [1.82, 2.24) is 5.32 Å². The van der Waals surface area contributed by atoms with Gasteiger partial charge in [-0.2, -0.15) is 0 Å². The summed E-state index contributed by atoms with van der Waals surface area (Å²) in [5, 5.41) is 3.03. The van der Waals surface area contributed by atoms with Crippen molar-refractivity contribution < 1.29 is 9.53 Å². The van der Waals surface area contributed by atoms with Crippen molar-refractivity contribution in [3.8, 4) is 0 Å². The van der Waals surface area contributed by atoms with Crippen molar-refractivity contribution in [2.45, 2.75) is 326 Å². The summed E-state index contributed by atoms with van der Waals surface area (Å²) in [6, 6.07) is 0. The molecule has 0 bridgehead atoms. The second-order valence-corrected chi connectivity index (χ2v) is 24.5. The van der Waals surface area contributed by atoms with Gasteiger partial charge in [0.2, 0.25) is 0 Å². The van der Waals surface area contributed by atoms with Gasteiger partial charge in [0.1, 0.15) is 6.10 Å². The molecule has 0 aliphatic heterocycles. The highest BCUT2D eigenvalue weighted by molar-refractivity contribution is 5.67. The Balaban J connectivity index is 0.000000482. The summed E-state index contributed by atoms with van der Waals surface area (Å²) >= 11 is 0. The molecular weight excluding hydrogens is 803 g/mol. The van der Waals surface area contributed by atoms with E-state index in [1.807, 2.05) is 13.8 Å². The van der Waals surface area contributed by atoms with Crippen molar-refractivity contribution in [2.75, 3.05) is 6.54 Å². The molecule has 0 heterocycles. The van der Waals surface area contributed by atoms with Gasteiger partial charge in [-0.1, -0.05) is 268 Å². The van der Waals surface area contributed by atoms with Crippen LogP contribution >= 0.6 is 0 Å². The molecule has 0 aromatic heterocycles. The average molecular weight is 925 g/mol. The average Bonchev–Trinajstić information content (AvgIpc) is 3.63. The molecule has 4 rings (SSSR count). The largest absolute Gasteiger partial charge is 0.446 e. The topological polar surface area (TPSA) is 38.3 Å². The number of amides is 1. The first-order valence-corrected chi connectivity index (χ1v) is 30.5. The third kappa shape index (κ3) is 24.2. The summed E-state index contributed by atoms with van der Waals surface area (Å²) < 4.78 is 5.95. The first-order valence-electron chi connectivity index (χ1n) is 30.5. The molecule has 1 N–H and O–H groups in total. The Morgan fingerprint density at radius 1 is 0.576 bits per heavy atom.